The van der Waals surface area contributed by atoms with Crippen LogP contribution in [-0.2, 0) is 0 Å². The Labute approximate surface area is 139 Å². The molecule has 2 aromatic rings. The van der Waals surface area contributed by atoms with Crippen LogP contribution in [0.2, 0.25) is 0 Å². The lowest BCUT2D eigenvalue weighted by molar-refractivity contribution is 0.0589. The maximum atomic E-state index is 10.4. The molecule has 0 bridgehead atoms. The Bertz CT molecular complexity index is 579. The summed E-state index contributed by atoms with van der Waals surface area (Å²) in [5, 5.41) is 10.4. The summed E-state index contributed by atoms with van der Waals surface area (Å²) in [5.41, 5.74) is 2.39. The quantitative estimate of drug-likeness (QED) is 0.919. The van der Waals surface area contributed by atoms with Gasteiger partial charge >= 0.3 is 0 Å². The first-order chi connectivity index (χ1) is 11.2. The Morgan fingerprint density at radius 2 is 1.35 bits per heavy atom. The number of β-amino-alcohol motifs (C(OH)–C–C–N with tert-alkyl or cyclic N) is 1. The Kier molecular flexibility index (Phi) is 5.44. The molecule has 3 heteroatoms. The minimum Gasteiger partial charge on any atom is -0.387 e. The van der Waals surface area contributed by atoms with E-state index in [0.29, 0.717) is 6.04 Å². The number of nitrogens with zero attached hydrogens (tertiary/aromatic N) is 2. The van der Waals surface area contributed by atoms with Gasteiger partial charge in [-0.1, -0.05) is 60.7 Å². The first-order valence-corrected chi connectivity index (χ1v) is 8.48. The van der Waals surface area contributed by atoms with Crippen molar-refractivity contribution < 1.29 is 5.11 Å². The van der Waals surface area contributed by atoms with Gasteiger partial charge in [-0.3, -0.25) is 9.80 Å². The van der Waals surface area contributed by atoms with Crippen molar-refractivity contribution in [2.45, 2.75) is 19.1 Å². The van der Waals surface area contributed by atoms with Gasteiger partial charge in [0.2, 0.25) is 0 Å². The minimum absolute atomic E-state index is 0.394. The van der Waals surface area contributed by atoms with E-state index in [2.05, 4.69) is 47.1 Å². The van der Waals surface area contributed by atoms with Crippen LogP contribution in [0.3, 0.4) is 0 Å². The van der Waals surface area contributed by atoms with E-state index in [1.165, 1.54) is 5.56 Å². The van der Waals surface area contributed by atoms with Gasteiger partial charge in [0.05, 0.1) is 6.10 Å². The number of hydrogen-bond acceptors (Lipinski definition) is 3. The minimum atomic E-state index is -0.394. The molecule has 0 spiro atoms. The largest absolute Gasteiger partial charge is 0.387 e. The normalized spacial score (nSPS) is 19.4. The summed E-state index contributed by atoms with van der Waals surface area (Å²) in [5.74, 6) is 0. The topological polar surface area (TPSA) is 26.7 Å². The zero-order valence-electron chi connectivity index (χ0n) is 13.8. The highest BCUT2D eigenvalue weighted by molar-refractivity contribution is 5.19. The molecular formula is C20H26N2O. The summed E-state index contributed by atoms with van der Waals surface area (Å²) < 4.78 is 0. The molecule has 1 N–H and O–H groups in total. The van der Waals surface area contributed by atoms with Crippen LogP contribution in [0.25, 0.3) is 0 Å². The van der Waals surface area contributed by atoms with Gasteiger partial charge in [0.1, 0.15) is 0 Å². The second kappa shape index (κ2) is 7.73. The highest BCUT2D eigenvalue weighted by Crippen LogP contribution is 2.22. The highest BCUT2D eigenvalue weighted by Gasteiger charge is 2.23. The molecule has 0 unspecified atom stereocenters. The smallest absolute Gasteiger partial charge is 0.0916 e. The van der Waals surface area contributed by atoms with Gasteiger partial charge in [-0.25, -0.2) is 0 Å². The predicted octanol–water partition coefficient (Wildman–Crippen LogP) is 3.10. The Morgan fingerprint density at radius 3 is 1.91 bits per heavy atom. The Hall–Kier alpha value is -1.68. The summed E-state index contributed by atoms with van der Waals surface area (Å²) in [6, 6.07) is 21.1. The summed E-state index contributed by atoms with van der Waals surface area (Å²) in [4.78, 5) is 4.90. The lowest BCUT2D eigenvalue weighted by Gasteiger charge is -2.38. The van der Waals surface area contributed by atoms with Crippen LogP contribution in [0.15, 0.2) is 60.7 Å². The van der Waals surface area contributed by atoms with Gasteiger partial charge in [-0.2, -0.15) is 0 Å². The number of piperazine rings is 1. The van der Waals surface area contributed by atoms with Gasteiger partial charge in [-0.05, 0) is 18.1 Å². The number of aliphatic hydroxyl groups excluding tert-OH is 1. The molecule has 3 nitrogen and oxygen atoms in total. The van der Waals surface area contributed by atoms with Crippen molar-refractivity contribution >= 4 is 0 Å². The van der Waals surface area contributed by atoms with E-state index in [1.807, 2.05) is 30.3 Å². The first-order valence-electron chi connectivity index (χ1n) is 8.48. The monoisotopic (exact) mass is 310 g/mol. The molecule has 3 rings (SSSR count). The molecule has 1 aliphatic rings. The zero-order valence-corrected chi connectivity index (χ0v) is 13.8. The molecule has 1 fully saturated rings. The Morgan fingerprint density at radius 1 is 0.826 bits per heavy atom. The fourth-order valence-electron chi connectivity index (χ4n) is 3.30. The van der Waals surface area contributed by atoms with Crippen molar-refractivity contribution in [2.75, 3.05) is 32.7 Å². The average molecular weight is 310 g/mol. The maximum Gasteiger partial charge on any atom is 0.0916 e. The fourth-order valence-corrected chi connectivity index (χ4v) is 3.30. The van der Waals surface area contributed by atoms with Crippen molar-refractivity contribution in [2.24, 2.45) is 0 Å². The molecule has 23 heavy (non-hydrogen) atoms. The standard InChI is InChI=1S/C20H26N2O/c1-17(18-8-4-2-5-9-18)22-14-12-21(13-15-22)16-20(23)19-10-6-3-7-11-19/h2-11,17,20,23H,12-16H2,1H3/t17-,20-/m1/s1. The van der Waals surface area contributed by atoms with E-state index in [9.17, 15) is 5.11 Å². The van der Waals surface area contributed by atoms with Gasteiger partial charge in [-0.15, -0.1) is 0 Å². The predicted molar refractivity (Wildman–Crippen MR) is 94.3 cm³/mol. The van der Waals surface area contributed by atoms with Crippen LogP contribution < -0.4 is 0 Å². The summed E-state index contributed by atoms with van der Waals surface area (Å²) in [7, 11) is 0. The SMILES string of the molecule is C[C@H](c1ccccc1)N1CCN(C[C@@H](O)c2ccccc2)CC1. The molecule has 1 heterocycles. The lowest BCUT2D eigenvalue weighted by atomic mass is 10.1. The van der Waals surface area contributed by atoms with Crippen molar-refractivity contribution in [1.82, 2.24) is 9.80 Å². The van der Waals surface area contributed by atoms with E-state index in [1.54, 1.807) is 0 Å². The molecule has 2 aromatic carbocycles. The van der Waals surface area contributed by atoms with Crippen molar-refractivity contribution in [1.29, 1.82) is 0 Å². The molecule has 0 radical (unpaired) electrons. The third-order valence-electron chi connectivity index (χ3n) is 4.85. The summed E-state index contributed by atoms with van der Waals surface area (Å²) in [6.45, 7) is 7.14. The third-order valence-corrected chi connectivity index (χ3v) is 4.85. The molecule has 0 amide bonds. The number of rotatable bonds is 5. The van der Waals surface area contributed by atoms with Gasteiger partial charge in [0, 0.05) is 38.8 Å². The number of hydrogen-bond donors (Lipinski definition) is 1. The van der Waals surface area contributed by atoms with Crippen LogP contribution in [-0.4, -0.2) is 47.6 Å². The summed E-state index contributed by atoms with van der Waals surface area (Å²) in [6.07, 6.45) is -0.394. The van der Waals surface area contributed by atoms with E-state index in [4.69, 9.17) is 0 Å². The van der Waals surface area contributed by atoms with Gasteiger partial charge in [0.25, 0.3) is 0 Å². The van der Waals surface area contributed by atoms with Crippen molar-refractivity contribution in [3.8, 4) is 0 Å². The second-order valence-electron chi connectivity index (χ2n) is 6.35. The third kappa shape index (κ3) is 4.20. The van der Waals surface area contributed by atoms with Crippen LogP contribution in [0.5, 0.6) is 0 Å². The Balaban J connectivity index is 1.51. The molecular weight excluding hydrogens is 284 g/mol. The van der Waals surface area contributed by atoms with Crippen LogP contribution >= 0.6 is 0 Å². The fraction of sp³-hybridized carbons (Fsp3) is 0.400. The number of aliphatic hydroxyl groups is 1. The van der Waals surface area contributed by atoms with Crippen LogP contribution in [0, 0.1) is 0 Å². The van der Waals surface area contributed by atoms with Crippen LogP contribution in [0.4, 0.5) is 0 Å². The lowest BCUT2D eigenvalue weighted by Crippen LogP contribution is -2.48. The first kappa shape index (κ1) is 16.2. The van der Waals surface area contributed by atoms with Gasteiger partial charge < -0.3 is 5.11 Å². The highest BCUT2D eigenvalue weighted by atomic mass is 16.3. The van der Waals surface area contributed by atoms with Gasteiger partial charge in [0.15, 0.2) is 0 Å². The maximum absolute atomic E-state index is 10.4. The average Bonchev–Trinajstić information content (AvgIpc) is 2.63. The van der Waals surface area contributed by atoms with E-state index in [-0.39, 0.29) is 0 Å². The zero-order chi connectivity index (χ0) is 16.1. The molecule has 1 aliphatic heterocycles. The van der Waals surface area contributed by atoms with Crippen molar-refractivity contribution in [3.05, 3.63) is 71.8 Å². The van der Waals surface area contributed by atoms with Crippen molar-refractivity contribution in [3.63, 3.8) is 0 Å². The number of benzene rings is 2. The molecule has 0 aromatic heterocycles. The molecule has 0 saturated carbocycles. The molecule has 0 aliphatic carbocycles. The van der Waals surface area contributed by atoms with E-state index < -0.39 is 6.10 Å². The summed E-state index contributed by atoms with van der Waals surface area (Å²) >= 11 is 0. The van der Waals surface area contributed by atoms with E-state index >= 15 is 0 Å². The second-order valence-corrected chi connectivity index (χ2v) is 6.35. The molecule has 2 atom stereocenters. The molecule has 122 valence electrons. The van der Waals surface area contributed by atoms with Crippen LogP contribution in [0.1, 0.15) is 30.2 Å². The van der Waals surface area contributed by atoms with E-state index in [0.717, 1.165) is 38.3 Å². The molecule has 1 saturated heterocycles.